The molecule has 1 heterocycles. The summed E-state index contributed by atoms with van der Waals surface area (Å²) in [6, 6.07) is 19.0. The van der Waals surface area contributed by atoms with Crippen molar-refractivity contribution < 1.29 is 4.74 Å². The van der Waals surface area contributed by atoms with Crippen LogP contribution in [0.2, 0.25) is 0 Å². The molecule has 0 aliphatic carbocycles. The zero-order chi connectivity index (χ0) is 14.5. The van der Waals surface area contributed by atoms with Crippen LogP contribution in [0.5, 0.6) is 5.75 Å². The van der Waals surface area contributed by atoms with Crippen molar-refractivity contribution in [3.05, 3.63) is 65.7 Å². The first-order chi connectivity index (χ1) is 10.3. The Balaban J connectivity index is 1.73. The van der Waals surface area contributed by atoms with Gasteiger partial charge >= 0.3 is 0 Å². The van der Waals surface area contributed by atoms with Gasteiger partial charge in [0.2, 0.25) is 0 Å². The first-order valence-electron chi connectivity index (χ1n) is 7.85. The van der Waals surface area contributed by atoms with Gasteiger partial charge < -0.3 is 4.74 Å². The van der Waals surface area contributed by atoms with Gasteiger partial charge in [-0.3, -0.25) is 4.90 Å². The summed E-state index contributed by atoms with van der Waals surface area (Å²) in [4.78, 5) is 2.42. The standard InChI is InChI=1S/C19H23NO/c1-16(20-13-7-8-14-20)21-19-12-6-5-11-18(19)15-17-9-3-2-4-10-17/h2-6,9-12,16H,7-8,13-15H2,1H3. The summed E-state index contributed by atoms with van der Waals surface area (Å²) in [6.07, 6.45) is 3.66. The van der Waals surface area contributed by atoms with Crippen LogP contribution in [0.1, 0.15) is 30.9 Å². The third kappa shape index (κ3) is 3.64. The fourth-order valence-corrected chi connectivity index (χ4v) is 2.94. The van der Waals surface area contributed by atoms with Gasteiger partial charge in [0, 0.05) is 19.5 Å². The molecular formula is C19H23NO. The molecule has 1 fully saturated rings. The molecule has 0 amide bonds. The average Bonchev–Trinajstić information content (AvgIpc) is 3.05. The van der Waals surface area contributed by atoms with E-state index in [4.69, 9.17) is 4.74 Å². The number of para-hydroxylation sites is 1. The highest BCUT2D eigenvalue weighted by atomic mass is 16.5. The van der Waals surface area contributed by atoms with Gasteiger partial charge in [0.25, 0.3) is 0 Å². The highest BCUT2D eigenvalue weighted by molar-refractivity contribution is 5.37. The number of ether oxygens (including phenoxy) is 1. The van der Waals surface area contributed by atoms with E-state index >= 15 is 0 Å². The van der Waals surface area contributed by atoms with Crippen LogP contribution >= 0.6 is 0 Å². The van der Waals surface area contributed by atoms with Gasteiger partial charge in [-0.2, -0.15) is 0 Å². The molecule has 21 heavy (non-hydrogen) atoms. The predicted octanol–water partition coefficient (Wildman–Crippen LogP) is 4.10. The maximum Gasteiger partial charge on any atom is 0.149 e. The molecular weight excluding hydrogens is 258 g/mol. The molecule has 2 aromatic carbocycles. The van der Waals surface area contributed by atoms with E-state index in [2.05, 4.69) is 66.4 Å². The van der Waals surface area contributed by atoms with Gasteiger partial charge in [-0.1, -0.05) is 48.5 Å². The summed E-state index contributed by atoms with van der Waals surface area (Å²) in [5.74, 6) is 1.01. The highest BCUT2D eigenvalue weighted by Gasteiger charge is 2.19. The molecule has 2 nitrogen and oxygen atoms in total. The quantitative estimate of drug-likeness (QED) is 0.818. The maximum atomic E-state index is 6.23. The molecule has 0 radical (unpaired) electrons. The number of benzene rings is 2. The van der Waals surface area contributed by atoms with E-state index in [9.17, 15) is 0 Å². The van der Waals surface area contributed by atoms with Crippen molar-refractivity contribution >= 4 is 0 Å². The third-order valence-corrected chi connectivity index (χ3v) is 4.16. The molecule has 1 unspecified atom stereocenters. The van der Waals surface area contributed by atoms with Crippen LogP contribution in [0.4, 0.5) is 0 Å². The topological polar surface area (TPSA) is 12.5 Å². The SMILES string of the molecule is CC(Oc1ccccc1Cc1ccccc1)N1CCCC1. The van der Waals surface area contributed by atoms with E-state index in [1.54, 1.807) is 0 Å². The second-order valence-electron chi connectivity index (χ2n) is 5.73. The molecule has 1 aliphatic rings. The third-order valence-electron chi connectivity index (χ3n) is 4.16. The molecule has 0 aromatic heterocycles. The van der Waals surface area contributed by atoms with Gasteiger partial charge in [-0.05, 0) is 37.0 Å². The maximum absolute atomic E-state index is 6.23. The number of hydrogen-bond donors (Lipinski definition) is 0. The molecule has 2 aromatic rings. The Labute approximate surface area is 127 Å². The van der Waals surface area contributed by atoms with E-state index in [-0.39, 0.29) is 6.23 Å². The molecule has 0 bridgehead atoms. The smallest absolute Gasteiger partial charge is 0.149 e. The lowest BCUT2D eigenvalue weighted by molar-refractivity contribution is 0.0584. The molecule has 1 saturated heterocycles. The summed E-state index contributed by atoms with van der Waals surface area (Å²) in [5.41, 5.74) is 2.58. The van der Waals surface area contributed by atoms with Crippen LogP contribution in [-0.4, -0.2) is 24.2 Å². The lowest BCUT2D eigenvalue weighted by Crippen LogP contribution is -2.34. The summed E-state index contributed by atoms with van der Waals surface area (Å²) in [5, 5.41) is 0. The fourth-order valence-electron chi connectivity index (χ4n) is 2.94. The zero-order valence-corrected chi connectivity index (χ0v) is 12.7. The number of nitrogens with zero attached hydrogens (tertiary/aromatic N) is 1. The van der Waals surface area contributed by atoms with Gasteiger partial charge in [0.15, 0.2) is 0 Å². The van der Waals surface area contributed by atoms with Crippen LogP contribution < -0.4 is 4.74 Å². The van der Waals surface area contributed by atoms with E-state index in [1.807, 2.05) is 0 Å². The van der Waals surface area contributed by atoms with Crippen LogP contribution in [0.3, 0.4) is 0 Å². The van der Waals surface area contributed by atoms with Crippen LogP contribution in [0.15, 0.2) is 54.6 Å². The van der Waals surface area contributed by atoms with Crippen molar-refractivity contribution in [2.75, 3.05) is 13.1 Å². The number of rotatable bonds is 5. The Morgan fingerprint density at radius 1 is 0.952 bits per heavy atom. The van der Waals surface area contributed by atoms with E-state index < -0.39 is 0 Å². The van der Waals surface area contributed by atoms with Crippen molar-refractivity contribution in [3.63, 3.8) is 0 Å². The fraction of sp³-hybridized carbons (Fsp3) is 0.368. The van der Waals surface area contributed by atoms with E-state index in [0.29, 0.717) is 0 Å². The van der Waals surface area contributed by atoms with Crippen LogP contribution in [0.25, 0.3) is 0 Å². The van der Waals surface area contributed by atoms with E-state index in [1.165, 1.54) is 24.0 Å². The van der Waals surface area contributed by atoms with Crippen molar-refractivity contribution in [2.45, 2.75) is 32.4 Å². The van der Waals surface area contributed by atoms with Gasteiger partial charge in [-0.25, -0.2) is 0 Å². The summed E-state index contributed by atoms with van der Waals surface area (Å²) in [6.45, 7) is 4.47. The number of likely N-dealkylation sites (tertiary alicyclic amines) is 1. The minimum Gasteiger partial charge on any atom is -0.475 e. The minimum absolute atomic E-state index is 0.157. The van der Waals surface area contributed by atoms with Crippen LogP contribution in [-0.2, 0) is 6.42 Å². The molecule has 3 rings (SSSR count). The molecule has 0 saturated carbocycles. The zero-order valence-electron chi connectivity index (χ0n) is 12.7. The monoisotopic (exact) mass is 281 g/mol. The summed E-state index contributed by atoms with van der Waals surface area (Å²) < 4.78 is 6.23. The molecule has 1 atom stereocenters. The molecule has 0 spiro atoms. The van der Waals surface area contributed by atoms with Crippen molar-refractivity contribution in [1.29, 1.82) is 0 Å². The lowest BCUT2D eigenvalue weighted by atomic mass is 10.0. The summed E-state index contributed by atoms with van der Waals surface area (Å²) in [7, 11) is 0. The first kappa shape index (κ1) is 14.2. The van der Waals surface area contributed by atoms with Crippen molar-refractivity contribution in [1.82, 2.24) is 4.90 Å². The Morgan fingerprint density at radius 3 is 2.38 bits per heavy atom. The molecule has 110 valence electrons. The Bertz CT molecular complexity index is 561. The highest BCUT2D eigenvalue weighted by Crippen LogP contribution is 2.24. The van der Waals surface area contributed by atoms with Crippen molar-refractivity contribution in [3.8, 4) is 5.75 Å². The van der Waals surface area contributed by atoms with E-state index in [0.717, 1.165) is 25.3 Å². The number of hydrogen-bond acceptors (Lipinski definition) is 2. The Hall–Kier alpha value is -1.80. The summed E-state index contributed by atoms with van der Waals surface area (Å²) >= 11 is 0. The molecule has 0 N–H and O–H groups in total. The van der Waals surface area contributed by atoms with Gasteiger partial charge in [0.05, 0.1) is 0 Å². The molecule has 1 aliphatic heterocycles. The normalized spacial score (nSPS) is 16.8. The van der Waals surface area contributed by atoms with Crippen LogP contribution in [0, 0.1) is 0 Å². The Kier molecular flexibility index (Phi) is 4.56. The van der Waals surface area contributed by atoms with Gasteiger partial charge in [-0.15, -0.1) is 0 Å². The van der Waals surface area contributed by atoms with Crippen molar-refractivity contribution in [2.24, 2.45) is 0 Å². The molecule has 2 heteroatoms. The second-order valence-corrected chi connectivity index (χ2v) is 5.73. The van der Waals surface area contributed by atoms with Gasteiger partial charge in [0.1, 0.15) is 12.0 Å². The first-order valence-corrected chi connectivity index (χ1v) is 7.85. The second kappa shape index (κ2) is 6.77. The lowest BCUT2D eigenvalue weighted by Gasteiger charge is -2.25. The largest absolute Gasteiger partial charge is 0.475 e. The minimum atomic E-state index is 0.157. The average molecular weight is 281 g/mol. The Morgan fingerprint density at radius 2 is 1.62 bits per heavy atom. The predicted molar refractivity (Wildman–Crippen MR) is 86.6 cm³/mol.